The molecule has 2 rings (SSSR count). The van der Waals surface area contributed by atoms with E-state index in [0.717, 1.165) is 18.2 Å². The molecule has 0 unspecified atom stereocenters. The van der Waals surface area contributed by atoms with E-state index in [1.807, 2.05) is 0 Å². The number of carbonyl (C=O) groups is 1. The molecule has 0 spiro atoms. The van der Waals surface area contributed by atoms with Crippen molar-refractivity contribution in [1.29, 1.82) is 0 Å². The lowest BCUT2D eigenvalue weighted by Crippen LogP contribution is -2.13. The number of amides is 1. The van der Waals surface area contributed by atoms with Gasteiger partial charge in [-0.25, -0.2) is 0 Å². The molecular weight excluding hydrogens is 280 g/mol. The number of hydrogen-bond donors (Lipinski definition) is 4. The van der Waals surface area contributed by atoms with Gasteiger partial charge in [0.15, 0.2) is 5.69 Å². The van der Waals surface area contributed by atoms with Crippen LogP contribution in [0, 0.1) is 10.1 Å². The van der Waals surface area contributed by atoms with Crippen LogP contribution in [0.4, 0.5) is 11.4 Å². The third-order valence-electron chi connectivity index (χ3n) is 2.68. The lowest BCUT2D eigenvalue weighted by Gasteiger charge is -2.09. The Morgan fingerprint density at radius 3 is 2.43 bits per heavy atom. The molecular formula is C13H10N2O6. The van der Waals surface area contributed by atoms with E-state index in [2.05, 4.69) is 5.32 Å². The molecule has 108 valence electrons. The van der Waals surface area contributed by atoms with Crippen molar-refractivity contribution in [1.82, 2.24) is 0 Å². The highest BCUT2D eigenvalue weighted by Gasteiger charge is 2.21. The van der Waals surface area contributed by atoms with Gasteiger partial charge in [-0.1, -0.05) is 6.07 Å². The van der Waals surface area contributed by atoms with Crippen LogP contribution >= 0.6 is 0 Å². The molecule has 0 aliphatic rings. The van der Waals surface area contributed by atoms with E-state index in [0.29, 0.717) is 0 Å². The molecule has 0 radical (unpaired) electrons. The van der Waals surface area contributed by atoms with Crippen LogP contribution in [0.2, 0.25) is 0 Å². The summed E-state index contributed by atoms with van der Waals surface area (Å²) in [6.07, 6.45) is 0. The second-order valence-electron chi connectivity index (χ2n) is 4.08. The van der Waals surface area contributed by atoms with E-state index in [1.165, 1.54) is 18.2 Å². The van der Waals surface area contributed by atoms with Gasteiger partial charge in [0.25, 0.3) is 11.6 Å². The third-order valence-corrected chi connectivity index (χ3v) is 2.68. The number of anilines is 1. The van der Waals surface area contributed by atoms with Gasteiger partial charge in [-0.05, 0) is 18.2 Å². The van der Waals surface area contributed by atoms with Crippen LogP contribution in [0.25, 0.3) is 0 Å². The number of phenolic OH excluding ortho intramolecular Hbond substituents is 3. The first-order valence-corrected chi connectivity index (χ1v) is 5.70. The Kier molecular flexibility index (Phi) is 3.61. The number of nitrogens with one attached hydrogen (secondary N) is 1. The number of para-hydroxylation sites is 1. The molecule has 0 saturated carbocycles. The first-order valence-electron chi connectivity index (χ1n) is 5.70. The van der Waals surface area contributed by atoms with Crippen molar-refractivity contribution < 1.29 is 25.0 Å². The van der Waals surface area contributed by atoms with Crippen LogP contribution in [0.15, 0.2) is 36.4 Å². The minimum Gasteiger partial charge on any atom is -0.508 e. The Labute approximate surface area is 118 Å². The molecule has 1 amide bonds. The summed E-state index contributed by atoms with van der Waals surface area (Å²) < 4.78 is 0. The molecule has 0 saturated heterocycles. The molecule has 0 aliphatic heterocycles. The lowest BCUT2D eigenvalue weighted by atomic mass is 10.1. The highest BCUT2D eigenvalue weighted by molar-refractivity contribution is 6.08. The molecule has 0 aromatic heterocycles. The topological polar surface area (TPSA) is 133 Å². The number of nitro groups is 1. The summed E-state index contributed by atoms with van der Waals surface area (Å²) in [4.78, 5) is 22.1. The maximum atomic E-state index is 12.0. The number of hydrogen-bond acceptors (Lipinski definition) is 6. The summed E-state index contributed by atoms with van der Waals surface area (Å²) in [5.41, 5.74) is -1.06. The minimum atomic E-state index is -0.864. The molecule has 0 bridgehead atoms. The molecule has 0 atom stereocenters. The smallest absolute Gasteiger partial charge is 0.296 e. The highest BCUT2D eigenvalue weighted by Crippen LogP contribution is 2.34. The zero-order chi connectivity index (χ0) is 15.6. The SMILES string of the molecule is O=C(Nc1c(O)cccc1[N+](=O)[O-])c1ccc(O)cc1O. The number of carbonyl (C=O) groups excluding carboxylic acids is 1. The van der Waals surface area contributed by atoms with Gasteiger partial charge in [0, 0.05) is 12.1 Å². The zero-order valence-corrected chi connectivity index (χ0v) is 10.5. The fraction of sp³-hybridized carbons (Fsp3) is 0. The third kappa shape index (κ3) is 2.84. The molecule has 8 nitrogen and oxygen atoms in total. The van der Waals surface area contributed by atoms with Gasteiger partial charge in [0.05, 0.1) is 10.5 Å². The van der Waals surface area contributed by atoms with Gasteiger partial charge in [-0.2, -0.15) is 0 Å². The summed E-state index contributed by atoms with van der Waals surface area (Å²) >= 11 is 0. The summed E-state index contributed by atoms with van der Waals surface area (Å²) in [6.45, 7) is 0. The molecule has 2 aromatic carbocycles. The molecule has 0 fully saturated rings. The Hall–Kier alpha value is -3.29. The number of nitrogens with zero attached hydrogens (tertiary/aromatic N) is 1. The monoisotopic (exact) mass is 290 g/mol. The quantitative estimate of drug-likeness (QED) is 0.388. The fourth-order valence-electron chi connectivity index (χ4n) is 1.70. The molecule has 0 heterocycles. The Morgan fingerprint density at radius 1 is 1.10 bits per heavy atom. The molecule has 2 aromatic rings. The van der Waals surface area contributed by atoms with Crippen LogP contribution in [-0.4, -0.2) is 26.2 Å². The Morgan fingerprint density at radius 2 is 1.81 bits per heavy atom. The van der Waals surface area contributed by atoms with Crippen molar-refractivity contribution in [3.63, 3.8) is 0 Å². The molecule has 21 heavy (non-hydrogen) atoms. The minimum absolute atomic E-state index is 0.203. The van der Waals surface area contributed by atoms with E-state index in [-0.39, 0.29) is 17.0 Å². The van der Waals surface area contributed by atoms with Crippen molar-refractivity contribution in [3.05, 3.63) is 52.1 Å². The van der Waals surface area contributed by atoms with E-state index in [1.54, 1.807) is 0 Å². The molecule has 0 aliphatic carbocycles. The Balaban J connectivity index is 2.38. The van der Waals surface area contributed by atoms with E-state index in [4.69, 9.17) is 5.11 Å². The van der Waals surface area contributed by atoms with E-state index in [9.17, 15) is 25.1 Å². The first kappa shape index (κ1) is 14.1. The largest absolute Gasteiger partial charge is 0.508 e. The van der Waals surface area contributed by atoms with Crippen molar-refractivity contribution in [3.8, 4) is 17.2 Å². The van der Waals surface area contributed by atoms with Gasteiger partial charge >= 0.3 is 0 Å². The number of benzene rings is 2. The van der Waals surface area contributed by atoms with Gasteiger partial charge in [0.2, 0.25) is 0 Å². The maximum absolute atomic E-state index is 12.0. The summed E-state index contributed by atoms with van der Waals surface area (Å²) in [5, 5.41) is 41.4. The van der Waals surface area contributed by atoms with Crippen LogP contribution in [0.5, 0.6) is 17.2 Å². The second-order valence-corrected chi connectivity index (χ2v) is 4.08. The van der Waals surface area contributed by atoms with Crippen molar-refractivity contribution >= 4 is 17.3 Å². The number of aromatic hydroxyl groups is 3. The van der Waals surface area contributed by atoms with Gasteiger partial charge in [-0.3, -0.25) is 14.9 Å². The van der Waals surface area contributed by atoms with Crippen molar-refractivity contribution in [2.24, 2.45) is 0 Å². The Bertz CT molecular complexity index is 729. The average molecular weight is 290 g/mol. The van der Waals surface area contributed by atoms with Crippen LogP contribution < -0.4 is 5.32 Å². The summed E-state index contributed by atoms with van der Waals surface area (Å²) in [6, 6.07) is 6.83. The fourth-order valence-corrected chi connectivity index (χ4v) is 1.70. The van der Waals surface area contributed by atoms with E-state index >= 15 is 0 Å². The normalized spacial score (nSPS) is 10.1. The standard InChI is InChI=1S/C13H10N2O6/c16-7-4-5-8(11(18)6-7)13(19)14-12-9(15(20)21)2-1-3-10(12)17/h1-6,16-18H,(H,14,19). The average Bonchev–Trinajstić information content (AvgIpc) is 2.40. The highest BCUT2D eigenvalue weighted by atomic mass is 16.6. The molecule has 8 heteroatoms. The summed E-state index contributed by atoms with van der Waals surface area (Å²) in [7, 11) is 0. The number of phenols is 3. The summed E-state index contributed by atoms with van der Waals surface area (Å²) in [5.74, 6) is -2.07. The zero-order valence-electron chi connectivity index (χ0n) is 10.5. The number of rotatable bonds is 3. The predicted molar refractivity (Wildman–Crippen MR) is 72.5 cm³/mol. The van der Waals surface area contributed by atoms with Crippen molar-refractivity contribution in [2.75, 3.05) is 5.32 Å². The van der Waals surface area contributed by atoms with Crippen LogP contribution in [0.1, 0.15) is 10.4 Å². The predicted octanol–water partition coefficient (Wildman–Crippen LogP) is 1.96. The number of nitro benzene ring substituents is 1. The van der Waals surface area contributed by atoms with Gasteiger partial charge in [0.1, 0.15) is 17.2 Å². The van der Waals surface area contributed by atoms with Crippen LogP contribution in [0.3, 0.4) is 0 Å². The lowest BCUT2D eigenvalue weighted by molar-refractivity contribution is -0.384. The first-order chi connectivity index (χ1) is 9.90. The second kappa shape index (κ2) is 5.37. The van der Waals surface area contributed by atoms with Gasteiger partial charge < -0.3 is 20.6 Å². The molecule has 4 N–H and O–H groups in total. The maximum Gasteiger partial charge on any atom is 0.296 e. The van der Waals surface area contributed by atoms with Crippen LogP contribution in [-0.2, 0) is 0 Å². The van der Waals surface area contributed by atoms with Crippen molar-refractivity contribution in [2.45, 2.75) is 0 Å². The van der Waals surface area contributed by atoms with Gasteiger partial charge in [-0.15, -0.1) is 0 Å². The van der Waals surface area contributed by atoms with E-state index < -0.39 is 28.0 Å².